The van der Waals surface area contributed by atoms with E-state index in [0.717, 1.165) is 5.69 Å². The smallest absolute Gasteiger partial charge is 0.277 e. The van der Waals surface area contributed by atoms with Gasteiger partial charge in [0.1, 0.15) is 6.26 Å². The zero-order chi connectivity index (χ0) is 20.6. The van der Waals surface area contributed by atoms with Crippen molar-refractivity contribution in [2.75, 3.05) is 18.5 Å². The van der Waals surface area contributed by atoms with E-state index in [2.05, 4.69) is 27.3 Å². The number of hydrogen-bond donors (Lipinski definition) is 2. The maximum Gasteiger partial charge on any atom is 0.277 e. The molecule has 0 unspecified atom stereocenters. The molecule has 0 radical (unpaired) electrons. The van der Waals surface area contributed by atoms with Gasteiger partial charge in [0.15, 0.2) is 11.4 Å². The van der Waals surface area contributed by atoms with Crippen molar-refractivity contribution >= 4 is 29.9 Å². The maximum atomic E-state index is 12.6. The number of carbonyl (C=O) groups is 2. The lowest BCUT2D eigenvalue weighted by atomic mass is 9.89. The molecule has 2 amide bonds. The Morgan fingerprint density at radius 2 is 2.13 bits per heavy atom. The van der Waals surface area contributed by atoms with Crippen molar-refractivity contribution < 1.29 is 18.7 Å². The van der Waals surface area contributed by atoms with Crippen LogP contribution in [0.1, 0.15) is 33.6 Å². The molecule has 3 aromatic heterocycles. The van der Waals surface area contributed by atoms with E-state index >= 15 is 0 Å². The van der Waals surface area contributed by atoms with Crippen LogP contribution in [-0.4, -0.2) is 44.8 Å². The van der Waals surface area contributed by atoms with E-state index in [0.29, 0.717) is 31.2 Å². The summed E-state index contributed by atoms with van der Waals surface area (Å²) in [5.41, 5.74) is 7.13. The monoisotopic (exact) mass is 432 g/mol. The molecule has 10 nitrogen and oxygen atoms in total. The van der Waals surface area contributed by atoms with Crippen LogP contribution in [0.3, 0.4) is 0 Å². The average Bonchev–Trinajstić information content (AvgIpc) is 3.28. The molecule has 1 aliphatic rings. The number of pyridine rings is 1. The molecule has 0 aliphatic carbocycles. The Morgan fingerprint density at radius 3 is 2.77 bits per heavy atom. The Bertz CT molecular complexity index is 1090. The van der Waals surface area contributed by atoms with E-state index < -0.39 is 11.8 Å². The first-order valence-corrected chi connectivity index (χ1v) is 8.98. The van der Waals surface area contributed by atoms with Crippen LogP contribution in [0.2, 0.25) is 0 Å². The summed E-state index contributed by atoms with van der Waals surface area (Å²) < 4.78 is 12.2. The van der Waals surface area contributed by atoms with Crippen molar-refractivity contribution in [3.05, 3.63) is 47.9 Å². The third-order valence-corrected chi connectivity index (χ3v) is 4.57. The Kier molecular flexibility index (Phi) is 5.90. The second-order valence-corrected chi connectivity index (χ2v) is 7.43. The van der Waals surface area contributed by atoms with Crippen molar-refractivity contribution in [3.63, 3.8) is 0 Å². The highest BCUT2D eigenvalue weighted by Crippen LogP contribution is 2.29. The number of primary amides is 1. The zero-order valence-electron chi connectivity index (χ0n) is 16.4. The summed E-state index contributed by atoms with van der Waals surface area (Å²) in [6.07, 6.45) is 4.46. The van der Waals surface area contributed by atoms with Crippen LogP contribution in [0, 0.1) is 12.3 Å². The normalized spacial score (nSPS) is 14.5. The topological polar surface area (TPSA) is 138 Å². The van der Waals surface area contributed by atoms with E-state index in [-0.39, 0.29) is 34.9 Å². The van der Waals surface area contributed by atoms with Gasteiger partial charge in [-0.15, -0.1) is 12.4 Å². The summed E-state index contributed by atoms with van der Waals surface area (Å²) in [5.74, 6) is -0.974. The van der Waals surface area contributed by atoms with Gasteiger partial charge in [-0.25, -0.2) is 4.98 Å². The lowest BCUT2D eigenvalue weighted by Crippen LogP contribution is -2.43. The molecule has 0 bridgehead atoms. The number of oxazole rings is 1. The van der Waals surface area contributed by atoms with Crippen LogP contribution in [0.4, 0.5) is 5.69 Å². The molecule has 0 atom stereocenters. The molecular weight excluding hydrogens is 412 g/mol. The standard InChI is InChI=1S/C19H20N6O4.ClH/c1-11-5-12(3-4-21-11)18-23-14(7-29-18)17(27)22-13-6-25(24-15(13)16(20)26)8-19(2)9-28-10-19;/h3-7H,8-10H2,1-2H3,(H2,20,26)(H,22,27);1H. The van der Waals surface area contributed by atoms with Crippen LogP contribution in [0.15, 0.2) is 35.2 Å². The Morgan fingerprint density at radius 1 is 1.37 bits per heavy atom. The average molecular weight is 433 g/mol. The summed E-state index contributed by atoms with van der Waals surface area (Å²) in [6, 6.07) is 3.54. The number of aryl methyl sites for hydroxylation is 1. The first kappa shape index (κ1) is 21.5. The van der Waals surface area contributed by atoms with E-state index in [1.54, 1.807) is 29.2 Å². The first-order valence-electron chi connectivity index (χ1n) is 8.98. The maximum absolute atomic E-state index is 12.6. The van der Waals surface area contributed by atoms with Gasteiger partial charge in [-0.05, 0) is 19.1 Å². The summed E-state index contributed by atoms with van der Waals surface area (Å²) in [6.45, 7) is 5.66. The highest BCUT2D eigenvalue weighted by atomic mass is 35.5. The van der Waals surface area contributed by atoms with Crippen LogP contribution in [0.5, 0.6) is 0 Å². The predicted octanol–water partition coefficient (Wildman–Crippen LogP) is 2.05. The Hall–Kier alpha value is -3.24. The largest absolute Gasteiger partial charge is 0.444 e. The summed E-state index contributed by atoms with van der Waals surface area (Å²) >= 11 is 0. The molecule has 30 heavy (non-hydrogen) atoms. The number of nitrogens with zero attached hydrogens (tertiary/aromatic N) is 4. The lowest BCUT2D eigenvalue weighted by molar-refractivity contribution is -0.111. The summed E-state index contributed by atoms with van der Waals surface area (Å²) in [4.78, 5) is 32.7. The first-order chi connectivity index (χ1) is 13.8. The molecule has 4 heterocycles. The van der Waals surface area contributed by atoms with E-state index in [1.165, 1.54) is 6.26 Å². The Balaban J connectivity index is 0.00000256. The van der Waals surface area contributed by atoms with Gasteiger partial charge in [0.25, 0.3) is 11.8 Å². The van der Waals surface area contributed by atoms with Crippen molar-refractivity contribution in [3.8, 4) is 11.5 Å². The second-order valence-electron chi connectivity index (χ2n) is 7.43. The third-order valence-electron chi connectivity index (χ3n) is 4.57. The Labute approximate surface area is 178 Å². The highest BCUT2D eigenvalue weighted by molar-refractivity contribution is 6.07. The number of amides is 2. The van der Waals surface area contributed by atoms with Crippen molar-refractivity contribution in [2.24, 2.45) is 11.1 Å². The fourth-order valence-corrected chi connectivity index (χ4v) is 3.08. The fraction of sp³-hybridized carbons (Fsp3) is 0.316. The lowest BCUT2D eigenvalue weighted by Gasteiger charge is -2.37. The molecule has 0 spiro atoms. The minimum absolute atomic E-state index is 0. The van der Waals surface area contributed by atoms with E-state index in [9.17, 15) is 9.59 Å². The van der Waals surface area contributed by atoms with Crippen LogP contribution < -0.4 is 11.1 Å². The van der Waals surface area contributed by atoms with Gasteiger partial charge in [0.2, 0.25) is 5.89 Å². The van der Waals surface area contributed by atoms with Gasteiger partial charge in [-0.3, -0.25) is 19.3 Å². The van der Waals surface area contributed by atoms with Gasteiger partial charge >= 0.3 is 0 Å². The molecule has 1 fully saturated rings. The fourth-order valence-electron chi connectivity index (χ4n) is 3.08. The molecular formula is C19H21ClN6O4. The number of aromatic nitrogens is 4. The number of anilines is 1. The number of nitrogens with one attached hydrogen (secondary N) is 1. The summed E-state index contributed by atoms with van der Waals surface area (Å²) in [5, 5.41) is 6.84. The van der Waals surface area contributed by atoms with Crippen molar-refractivity contribution in [1.82, 2.24) is 19.7 Å². The number of rotatable bonds is 6. The molecule has 1 saturated heterocycles. The second kappa shape index (κ2) is 8.25. The molecule has 3 aromatic rings. The number of halogens is 1. The number of hydrogen-bond acceptors (Lipinski definition) is 7. The van der Waals surface area contributed by atoms with Gasteiger partial charge in [-0.1, -0.05) is 6.92 Å². The van der Waals surface area contributed by atoms with Gasteiger partial charge in [-0.2, -0.15) is 5.10 Å². The van der Waals surface area contributed by atoms with Crippen LogP contribution in [0.25, 0.3) is 11.5 Å². The minimum Gasteiger partial charge on any atom is -0.444 e. The highest BCUT2D eigenvalue weighted by Gasteiger charge is 2.34. The van der Waals surface area contributed by atoms with Gasteiger partial charge in [0, 0.05) is 29.1 Å². The number of nitrogens with two attached hydrogens (primary N) is 1. The molecule has 0 aromatic carbocycles. The van der Waals surface area contributed by atoms with Crippen LogP contribution >= 0.6 is 12.4 Å². The number of carbonyl (C=O) groups excluding carboxylic acids is 2. The predicted molar refractivity (Wildman–Crippen MR) is 109 cm³/mol. The SMILES string of the molecule is Cc1cc(-c2nc(C(=O)Nc3cn(CC4(C)COC4)nc3C(N)=O)co2)ccn1.Cl. The summed E-state index contributed by atoms with van der Waals surface area (Å²) in [7, 11) is 0. The van der Waals surface area contributed by atoms with Gasteiger partial charge in [0.05, 0.1) is 25.4 Å². The molecule has 1 aliphatic heterocycles. The van der Waals surface area contributed by atoms with Gasteiger partial charge < -0.3 is 20.2 Å². The van der Waals surface area contributed by atoms with Crippen molar-refractivity contribution in [2.45, 2.75) is 20.4 Å². The molecule has 0 saturated carbocycles. The molecule has 4 rings (SSSR count). The molecule has 3 N–H and O–H groups in total. The molecule has 11 heteroatoms. The third kappa shape index (κ3) is 4.34. The zero-order valence-corrected chi connectivity index (χ0v) is 17.2. The molecule has 158 valence electrons. The van der Waals surface area contributed by atoms with E-state index in [1.807, 2.05) is 6.92 Å². The number of ether oxygens (including phenoxy) is 1. The van der Waals surface area contributed by atoms with Crippen molar-refractivity contribution in [1.29, 1.82) is 0 Å². The minimum atomic E-state index is -0.734. The van der Waals surface area contributed by atoms with E-state index in [4.69, 9.17) is 14.9 Å². The quantitative estimate of drug-likeness (QED) is 0.607. The van der Waals surface area contributed by atoms with Crippen LogP contribution in [-0.2, 0) is 11.3 Å².